The highest BCUT2D eigenvalue weighted by Crippen LogP contribution is 2.50. The number of piperidine rings is 2. The van der Waals surface area contributed by atoms with Crippen LogP contribution in [0.2, 0.25) is 0 Å². The second-order valence-electron chi connectivity index (χ2n) is 12.1. The zero-order valence-electron chi connectivity index (χ0n) is 24.5. The molecule has 2 atom stereocenters. The Kier molecular flexibility index (Phi) is 8.14. The number of hydrogen-bond acceptors (Lipinski definition) is 4. The van der Waals surface area contributed by atoms with Crippen molar-refractivity contribution < 1.29 is 19.1 Å². The van der Waals surface area contributed by atoms with Gasteiger partial charge in [-0.15, -0.1) is 0 Å². The molecule has 0 bridgehead atoms. The summed E-state index contributed by atoms with van der Waals surface area (Å²) in [6, 6.07) is 24.8. The number of amides is 2. The predicted octanol–water partition coefficient (Wildman–Crippen LogP) is 6.60. The lowest BCUT2D eigenvalue weighted by Gasteiger charge is -2.46. The van der Waals surface area contributed by atoms with Gasteiger partial charge in [-0.3, -0.25) is 14.4 Å². The fourth-order valence-corrected chi connectivity index (χ4v) is 7.49. The molecule has 0 N–H and O–H groups in total. The molecule has 0 unspecified atom stereocenters. The third-order valence-corrected chi connectivity index (χ3v) is 9.71. The highest BCUT2D eigenvalue weighted by atomic mass is 16.5. The van der Waals surface area contributed by atoms with E-state index < -0.39 is 11.3 Å². The van der Waals surface area contributed by atoms with Crippen LogP contribution in [-0.4, -0.2) is 47.8 Å². The van der Waals surface area contributed by atoms with E-state index in [0.717, 1.165) is 54.1 Å². The summed E-state index contributed by atoms with van der Waals surface area (Å²) in [7, 11) is 1.43. The van der Waals surface area contributed by atoms with E-state index in [4.69, 9.17) is 4.74 Å². The maximum atomic E-state index is 14.3. The molecule has 6 heteroatoms. The Morgan fingerprint density at radius 2 is 1.67 bits per heavy atom. The first-order valence-electron chi connectivity index (χ1n) is 15.4. The number of methoxy groups -OCH3 is 1. The maximum absolute atomic E-state index is 14.3. The average Bonchev–Trinajstić information content (AvgIpc) is 3.26. The molecule has 2 fully saturated rings. The SMILES string of the molecule is COC(=O)[C@]12CCCCC=C1N(Cc1cccc3ccccc13)C(=O)[C@H](CC(=O)N1CCC(c3ccccc3)CC1)C2. The van der Waals surface area contributed by atoms with E-state index in [1.807, 2.05) is 34.1 Å². The molecule has 2 amide bonds. The summed E-state index contributed by atoms with van der Waals surface area (Å²) in [5.74, 6) is -0.487. The molecule has 218 valence electrons. The molecule has 0 radical (unpaired) electrons. The van der Waals surface area contributed by atoms with Crippen LogP contribution in [-0.2, 0) is 25.7 Å². The standard InChI is InChI=1S/C36H40N2O4/c1-42-35(41)36-20-9-3-6-17-32(36)38(25-29-15-10-14-28-13-7-8-16-31(28)29)34(40)30(24-36)23-33(39)37-21-18-27(19-22-37)26-11-4-2-5-12-26/h2,4-5,7-8,10-17,27,30H,3,6,9,18-25H2,1H3/t30-,36+/m1/s1. The number of rotatable bonds is 6. The van der Waals surface area contributed by atoms with Gasteiger partial charge in [0, 0.05) is 31.1 Å². The molecule has 0 spiro atoms. The zero-order chi connectivity index (χ0) is 29.1. The molecule has 0 aromatic heterocycles. The molecule has 6 rings (SSSR count). The number of ether oxygens (including phenoxy) is 1. The molecule has 3 aromatic carbocycles. The molecular formula is C36H40N2O4. The molecule has 2 aliphatic heterocycles. The number of hydrogen-bond donors (Lipinski definition) is 0. The fourth-order valence-electron chi connectivity index (χ4n) is 7.49. The van der Waals surface area contributed by atoms with Crippen LogP contribution in [0.5, 0.6) is 0 Å². The van der Waals surface area contributed by atoms with Gasteiger partial charge in [-0.1, -0.05) is 85.3 Å². The Hall–Kier alpha value is -3.93. The van der Waals surface area contributed by atoms with E-state index in [1.54, 1.807) is 0 Å². The highest BCUT2D eigenvalue weighted by Gasteiger charge is 2.54. The van der Waals surface area contributed by atoms with Crippen LogP contribution in [0.4, 0.5) is 0 Å². The monoisotopic (exact) mass is 564 g/mol. The van der Waals surface area contributed by atoms with Crippen molar-refractivity contribution in [2.75, 3.05) is 20.2 Å². The summed E-state index contributed by atoms with van der Waals surface area (Å²) in [6.45, 7) is 1.73. The minimum Gasteiger partial charge on any atom is -0.468 e. The molecule has 3 aromatic rings. The summed E-state index contributed by atoms with van der Waals surface area (Å²) in [6.07, 6.45) is 7.62. The van der Waals surface area contributed by atoms with Gasteiger partial charge >= 0.3 is 5.97 Å². The van der Waals surface area contributed by atoms with Gasteiger partial charge in [-0.05, 0) is 66.3 Å². The van der Waals surface area contributed by atoms with Crippen LogP contribution in [0, 0.1) is 11.3 Å². The Bertz CT molecular complexity index is 1490. The van der Waals surface area contributed by atoms with Crippen LogP contribution in [0.15, 0.2) is 84.6 Å². The molecule has 1 aliphatic carbocycles. The van der Waals surface area contributed by atoms with Gasteiger partial charge in [0.25, 0.3) is 0 Å². The first kappa shape index (κ1) is 28.2. The summed E-state index contributed by atoms with van der Waals surface area (Å²) in [5.41, 5.74) is 2.19. The first-order chi connectivity index (χ1) is 20.5. The van der Waals surface area contributed by atoms with Crippen molar-refractivity contribution in [2.24, 2.45) is 11.3 Å². The first-order valence-corrected chi connectivity index (χ1v) is 15.4. The summed E-state index contributed by atoms with van der Waals surface area (Å²) in [5, 5.41) is 2.20. The van der Waals surface area contributed by atoms with Gasteiger partial charge in [-0.25, -0.2) is 0 Å². The highest BCUT2D eigenvalue weighted by molar-refractivity contribution is 5.93. The van der Waals surface area contributed by atoms with Gasteiger partial charge < -0.3 is 14.5 Å². The number of carbonyl (C=O) groups excluding carboxylic acids is 3. The molecule has 2 saturated heterocycles. The van der Waals surface area contributed by atoms with Crippen molar-refractivity contribution in [1.29, 1.82) is 0 Å². The minimum atomic E-state index is -0.922. The fraction of sp³-hybridized carbons (Fsp3) is 0.417. The molecule has 3 aliphatic rings. The number of carbonyl (C=O) groups is 3. The van der Waals surface area contributed by atoms with Crippen molar-refractivity contribution in [1.82, 2.24) is 9.80 Å². The van der Waals surface area contributed by atoms with Gasteiger partial charge in [0.2, 0.25) is 11.8 Å². The van der Waals surface area contributed by atoms with Crippen molar-refractivity contribution in [3.8, 4) is 0 Å². The third kappa shape index (κ3) is 5.35. The smallest absolute Gasteiger partial charge is 0.317 e. The van der Waals surface area contributed by atoms with Gasteiger partial charge in [0.15, 0.2) is 0 Å². The Labute approximate surface area is 248 Å². The van der Waals surface area contributed by atoms with Crippen molar-refractivity contribution >= 4 is 28.6 Å². The summed E-state index contributed by atoms with van der Waals surface area (Å²) < 4.78 is 5.42. The van der Waals surface area contributed by atoms with Crippen LogP contribution in [0.25, 0.3) is 10.8 Å². The van der Waals surface area contributed by atoms with E-state index in [-0.39, 0.29) is 24.2 Å². The number of likely N-dealkylation sites (tertiary alicyclic amines) is 2. The largest absolute Gasteiger partial charge is 0.468 e. The van der Waals surface area contributed by atoms with E-state index in [2.05, 4.69) is 54.6 Å². The lowest BCUT2D eigenvalue weighted by Crippen LogP contribution is -2.53. The third-order valence-electron chi connectivity index (χ3n) is 9.71. The van der Waals surface area contributed by atoms with E-state index >= 15 is 0 Å². The number of allylic oxidation sites excluding steroid dienone is 1. The van der Waals surface area contributed by atoms with Crippen LogP contribution < -0.4 is 0 Å². The van der Waals surface area contributed by atoms with E-state index in [9.17, 15) is 14.4 Å². The Morgan fingerprint density at radius 1 is 0.929 bits per heavy atom. The predicted molar refractivity (Wildman–Crippen MR) is 163 cm³/mol. The molecule has 2 heterocycles. The molecule has 6 nitrogen and oxygen atoms in total. The van der Waals surface area contributed by atoms with Crippen molar-refractivity contribution in [3.63, 3.8) is 0 Å². The van der Waals surface area contributed by atoms with Gasteiger partial charge in [0.1, 0.15) is 5.41 Å². The Morgan fingerprint density at radius 3 is 2.45 bits per heavy atom. The van der Waals surface area contributed by atoms with Gasteiger partial charge in [-0.2, -0.15) is 0 Å². The number of nitrogens with zero attached hydrogens (tertiary/aromatic N) is 2. The molecular weight excluding hydrogens is 524 g/mol. The number of fused-ring (bicyclic) bond motifs is 2. The van der Waals surface area contributed by atoms with Crippen molar-refractivity contribution in [3.05, 3.63) is 95.7 Å². The lowest BCUT2D eigenvalue weighted by atomic mass is 9.68. The maximum Gasteiger partial charge on any atom is 0.317 e. The van der Waals surface area contributed by atoms with E-state index in [1.165, 1.54) is 12.7 Å². The average molecular weight is 565 g/mol. The number of esters is 1. The van der Waals surface area contributed by atoms with Crippen molar-refractivity contribution in [2.45, 2.75) is 63.8 Å². The van der Waals surface area contributed by atoms with Crippen LogP contribution in [0.1, 0.15) is 68.4 Å². The lowest BCUT2D eigenvalue weighted by molar-refractivity contribution is -0.160. The van der Waals surface area contributed by atoms with Gasteiger partial charge in [0.05, 0.1) is 13.7 Å². The zero-order valence-corrected chi connectivity index (χ0v) is 24.5. The van der Waals surface area contributed by atoms with Crippen LogP contribution >= 0.6 is 0 Å². The quantitative estimate of drug-likeness (QED) is 0.316. The van der Waals surface area contributed by atoms with Crippen LogP contribution in [0.3, 0.4) is 0 Å². The molecule has 42 heavy (non-hydrogen) atoms. The topological polar surface area (TPSA) is 66.9 Å². The van der Waals surface area contributed by atoms with E-state index in [0.29, 0.717) is 38.4 Å². The summed E-state index contributed by atoms with van der Waals surface area (Å²) >= 11 is 0. The molecule has 0 saturated carbocycles. The minimum absolute atomic E-state index is 0.00559. The second kappa shape index (κ2) is 12.1. The Balaban J connectivity index is 1.27. The summed E-state index contributed by atoms with van der Waals surface area (Å²) in [4.78, 5) is 45.3. The number of benzene rings is 3. The second-order valence-corrected chi connectivity index (χ2v) is 12.1. The normalized spacial score (nSPS) is 23.2.